The number of benzene rings is 1. The number of aromatic nitrogens is 2. The molecular weight excluding hydrogens is 240 g/mol. The lowest BCUT2D eigenvalue weighted by molar-refractivity contribution is 0.244. The van der Waals surface area contributed by atoms with Crippen LogP contribution in [0.2, 0.25) is 0 Å². The van der Waals surface area contributed by atoms with Crippen LogP contribution >= 0.6 is 0 Å². The van der Waals surface area contributed by atoms with E-state index in [1.807, 2.05) is 45.0 Å². The minimum Gasteiger partial charge on any atom is -0.345 e. The van der Waals surface area contributed by atoms with Crippen molar-refractivity contribution in [3.05, 3.63) is 36.7 Å². The summed E-state index contributed by atoms with van der Waals surface area (Å²) in [4.78, 5) is 18.9. The minimum atomic E-state index is -0.252. The summed E-state index contributed by atoms with van der Waals surface area (Å²) >= 11 is 0. The van der Waals surface area contributed by atoms with Crippen LogP contribution in [0.15, 0.2) is 36.7 Å². The zero-order valence-corrected chi connectivity index (χ0v) is 11.3. The van der Waals surface area contributed by atoms with Crippen LogP contribution in [-0.2, 0) is 0 Å². The van der Waals surface area contributed by atoms with Crippen molar-refractivity contribution in [3.8, 4) is 11.4 Å². The first-order chi connectivity index (χ1) is 8.94. The number of nitrogens with one attached hydrogen (secondary N) is 3. The highest BCUT2D eigenvalue weighted by molar-refractivity contribution is 5.89. The molecular formula is C14H18N4O. The van der Waals surface area contributed by atoms with Gasteiger partial charge in [0.05, 0.1) is 0 Å². The number of urea groups is 1. The third-order valence-corrected chi connectivity index (χ3v) is 2.40. The van der Waals surface area contributed by atoms with E-state index in [4.69, 9.17) is 0 Å². The van der Waals surface area contributed by atoms with Crippen LogP contribution in [0.4, 0.5) is 10.5 Å². The summed E-state index contributed by atoms with van der Waals surface area (Å²) in [6, 6.07) is 7.30. The average molecular weight is 258 g/mol. The minimum absolute atomic E-state index is 0.210. The topological polar surface area (TPSA) is 69.8 Å². The molecule has 0 saturated carbocycles. The largest absolute Gasteiger partial charge is 0.345 e. The second-order valence-electron chi connectivity index (χ2n) is 5.34. The van der Waals surface area contributed by atoms with Gasteiger partial charge in [-0.2, -0.15) is 0 Å². The van der Waals surface area contributed by atoms with Gasteiger partial charge in [0, 0.05) is 29.2 Å². The number of imidazole rings is 1. The monoisotopic (exact) mass is 258 g/mol. The lowest BCUT2D eigenvalue weighted by Gasteiger charge is -2.20. The summed E-state index contributed by atoms with van der Waals surface area (Å²) in [7, 11) is 0. The van der Waals surface area contributed by atoms with Crippen molar-refractivity contribution >= 4 is 11.7 Å². The normalized spacial score (nSPS) is 11.1. The van der Waals surface area contributed by atoms with Crippen LogP contribution in [0.3, 0.4) is 0 Å². The summed E-state index contributed by atoms with van der Waals surface area (Å²) in [5.41, 5.74) is 1.47. The van der Waals surface area contributed by atoms with E-state index < -0.39 is 0 Å². The fourth-order valence-electron chi connectivity index (χ4n) is 1.64. The smallest absolute Gasteiger partial charge is 0.319 e. The maximum atomic E-state index is 11.7. The Kier molecular flexibility index (Phi) is 3.55. The van der Waals surface area contributed by atoms with Crippen LogP contribution in [-0.4, -0.2) is 21.5 Å². The maximum absolute atomic E-state index is 11.7. The van der Waals surface area contributed by atoms with Gasteiger partial charge < -0.3 is 15.6 Å². The van der Waals surface area contributed by atoms with E-state index in [-0.39, 0.29) is 11.6 Å². The van der Waals surface area contributed by atoms with Gasteiger partial charge in [-0.25, -0.2) is 9.78 Å². The van der Waals surface area contributed by atoms with E-state index >= 15 is 0 Å². The van der Waals surface area contributed by atoms with Crippen LogP contribution in [0.1, 0.15) is 20.8 Å². The average Bonchev–Trinajstić information content (AvgIpc) is 2.80. The highest BCUT2D eigenvalue weighted by Crippen LogP contribution is 2.17. The van der Waals surface area contributed by atoms with Crippen LogP contribution in [0, 0.1) is 0 Å². The molecule has 1 aromatic carbocycles. The standard InChI is InChI=1S/C14H18N4O/c1-14(2,3)18-13(19)17-11-6-4-10(5-7-11)12-15-8-9-16-12/h4-9H,1-3H3,(H,15,16)(H2,17,18,19). The van der Waals surface area contributed by atoms with Crippen molar-refractivity contribution in [1.82, 2.24) is 15.3 Å². The Morgan fingerprint density at radius 3 is 2.42 bits per heavy atom. The van der Waals surface area contributed by atoms with Gasteiger partial charge in [0.15, 0.2) is 0 Å². The number of amides is 2. The number of aromatic amines is 1. The number of hydrogen-bond donors (Lipinski definition) is 3. The molecule has 1 heterocycles. The van der Waals surface area contributed by atoms with Crippen LogP contribution in [0.5, 0.6) is 0 Å². The molecule has 0 bridgehead atoms. The van der Waals surface area contributed by atoms with E-state index in [9.17, 15) is 4.79 Å². The molecule has 0 aliphatic heterocycles. The number of carbonyl (C=O) groups excluding carboxylic acids is 1. The van der Waals surface area contributed by atoms with Gasteiger partial charge in [-0.1, -0.05) is 0 Å². The zero-order valence-electron chi connectivity index (χ0n) is 11.3. The lowest BCUT2D eigenvalue weighted by atomic mass is 10.1. The second-order valence-corrected chi connectivity index (χ2v) is 5.34. The molecule has 19 heavy (non-hydrogen) atoms. The Hall–Kier alpha value is -2.30. The van der Waals surface area contributed by atoms with Gasteiger partial charge in [-0.15, -0.1) is 0 Å². The summed E-state index contributed by atoms with van der Waals surface area (Å²) < 4.78 is 0. The van der Waals surface area contributed by atoms with E-state index in [0.29, 0.717) is 0 Å². The van der Waals surface area contributed by atoms with E-state index in [2.05, 4.69) is 20.6 Å². The Balaban J connectivity index is 2.01. The molecule has 0 spiro atoms. The Morgan fingerprint density at radius 2 is 1.89 bits per heavy atom. The predicted molar refractivity (Wildman–Crippen MR) is 75.9 cm³/mol. The fraction of sp³-hybridized carbons (Fsp3) is 0.286. The molecule has 0 atom stereocenters. The molecule has 1 aromatic heterocycles. The third-order valence-electron chi connectivity index (χ3n) is 2.40. The number of anilines is 1. The summed E-state index contributed by atoms with van der Waals surface area (Å²) in [5, 5.41) is 5.63. The first-order valence-electron chi connectivity index (χ1n) is 6.13. The quantitative estimate of drug-likeness (QED) is 0.775. The summed E-state index contributed by atoms with van der Waals surface area (Å²) in [6.45, 7) is 5.81. The molecule has 0 aliphatic rings. The third kappa shape index (κ3) is 3.84. The van der Waals surface area contributed by atoms with E-state index in [0.717, 1.165) is 17.1 Å². The molecule has 100 valence electrons. The van der Waals surface area contributed by atoms with Gasteiger partial charge in [0.2, 0.25) is 0 Å². The number of nitrogens with zero attached hydrogens (tertiary/aromatic N) is 1. The molecule has 0 fully saturated rings. The van der Waals surface area contributed by atoms with Crippen molar-refractivity contribution < 1.29 is 4.79 Å². The Labute approximate surface area is 112 Å². The van der Waals surface area contributed by atoms with Crippen molar-refractivity contribution in [3.63, 3.8) is 0 Å². The second kappa shape index (κ2) is 5.14. The fourth-order valence-corrected chi connectivity index (χ4v) is 1.64. The summed E-state index contributed by atoms with van der Waals surface area (Å²) in [6.07, 6.45) is 3.48. The molecule has 5 heteroatoms. The van der Waals surface area contributed by atoms with Gasteiger partial charge >= 0.3 is 6.03 Å². The van der Waals surface area contributed by atoms with Gasteiger partial charge in [0.1, 0.15) is 5.82 Å². The highest BCUT2D eigenvalue weighted by atomic mass is 16.2. The molecule has 5 nitrogen and oxygen atoms in total. The van der Waals surface area contributed by atoms with Crippen LogP contribution < -0.4 is 10.6 Å². The molecule has 0 radical (unpaired) electrons. The predicted octanol–water partition coefficient (Wildman–Crippen LogP) is 3.00. The molecule has 2 aromatic rings. The molecule has 2 amide bonds. The first-order valence-corrected chi connectivity index (χ1v) is 6.13. The maximum Gasteiger partial charge on any atom is 0.319 e. The molecule has 0 aliphatic carbocycles. The van der Waals surface area contributed by atoms with Gasteiger partial charge in [0.25, 0.3) is 0 Å². The number of hydrogen-bond acceptors (Lipinski definition) is 2. The van der Waals surface area contributed by atoms with Crippen molar-refractivity contribution in [2.75, 3.05) is 5.32 Å². The van der Waals surface area contributed by atoms with Crippen molar-refractivity contribution in [2.24, 2.45) is 0 Å². The van der Waals surface area contributed by atoms with Gasteiger partial charge in [-0.3, -0.25) is 0 Å². The zero-order chi connectivity index (χ0) is 13.9. The molecule has 3 N–H and O–H groups in total. The van der Waals surface area contributed by atoms with E-state index in [1.54, 1.807) is 12.4 Å². The molecule has 0 saturated heterocycles. The lowest BCUT2D eigenvalue weighted by Crippen LogP contribution is -2.43. The number of carbonyl (C=O) groups is 1. The number of H-pyrrole nitrogens is 1. The Bertz CT molecular complexity index is 538. The van der Waals surface area contributed by atoms with Crippen molar-refractivity contribution in [2.45, 2.75) is 26.3 Å². The highest BCUT2D eigenvalue weighted by Gasteiger charge is 2.13. The Morgan fingerprint density at radius 1 is 1.21 bits per heavy atom. The first kappa shape index (κ1) is 13.1. The SMILES string of the molecule is CC(C)(C)NC(=O)Nc1ccc(-c2ncc[nH]2)cc1. The van der Waals surface area contributed by atoms with Crippen molar-refractivity contribution in [1.29, 1.82) is 0 Å². The van der Waals surface area contributed by atoms with Crippen LogP contribution in [0.25, 0.3) is 11.4 Å². The number of rotatable bonds is 2. The van der Waals surface area contributed by atoms with E-state index in [1.165, 1.54) is 0 Å². The summed E-state index contributed by atoms with van der Waals surface area (Å²) in [5.74, 6) is 0.811. The molecule has 2 rings (SSSR count). The van der Waals surface area contributed by atoms with Gasteiger partial charge in [-0.05, 0) is 45.0 Å². The molecule has 0 unspecified atom stereocenters.